The summed E-state index contributed by atoms with van der Waals surface area (Å²) in [6.07, 6.45) is 2.61. The van der Waals surface area contributed by atoms with Gasteiger partial charge in [-0.1, -0.05) is 6.07 Å². The summed E-state index contributed by atoms with van der Waals surface area (Å²) in [4.78, 5) is 14.4. The molecule has 27 heavy (non-hydrogen) atoms. The fraction of sp³-hybridized carbons (Fsp3) is 0.350. The van der Waals surface area contributed by atoms with Crippen molar-refractivity contribution >= 4 is 43.2 Å². The van der Waals surface area contributed by atoms with Crippen LogP contribution in [-0.4, -0.2) is 20.9 Å². The van der Waals surface area contributed by atoms with Crippen LogP contribution in [0, 0.1) is 19.8 Å². The molecule has 0 unspecified atom stereocenters. The summed E-state index contributed by atoms with van der Waals surface area (Å²) in [5.41, 5.74) is 4.36. The quantitative estimate of drug-likeness (QED) is 0.762. The van der Waals surface area contributed by atoms with Gasteiger partial charge in [0.15, 0.2) is 0 Å². The minimum atomic E-state index is -3.78. The van der Waals surface area contributed by atoms with Crippen molar-refractivity contribution in [1.29, 1.82) is 0 Å². The van der Waals surface area contributed by atoms with Crippen molar-refractivity contribution in [2.45, 2.75) is 38.0 Å². The number of nitrogens with one attached hydrogen (secondary N) is 1. The van der Waals surface area contributed by atoms with E-state index in [1.54, 1.807) is 17.0 Å². The minimum Gasteiger partial charge on any atom is -0.312 e. The van der Waals surface area contributed by atoms with Gasteiger partial charge in [-0.25, -0.2) is 8.42 Å². The maximum absolute atomic E-state index is 13.0. The molecule has 0 bridgehead atoms. The van der Waals surface area contributed by atoms with Crippen molar-refractivity contribution in [3.8, 4) is 0 Å². The van der Waals surface area contributed by atoms with E-state index in [-0.39, 0.29) is 16.7 Å². The van der Waals surface area contributed by atoms with Crippen molar-refractivity contribution in [3.63, 3.8) is 0 Å². The van der Waals surface area contributed by atoms with Gasteiger partial charge >= 0.3 is 0 Å². The summed E-state index contributed by atoms with van der Waals surface area (Å²) in [6, 6.07) is 8.91. The van der Waals surface area contributed by atoms with Gasteiger partial charge in [0.2, 0.25) is 5.91 Å². The van der Waals surface area contributed by atoms with E-state index >= 15 is 0 Å². The predicted octanol–water partition coefficient (Wildman–Crippen LogP) is 4.17. The Kier molecular flexibility index (Phi) is 4.55. The lowest BCUT2D eigenvalue weighted by molar-refractivity contribution is -0.119. The number of halogens is 1. The number of fused-ring (bicyclic) bond motifs is 1. The molecule has 0 aromatic heterocycles. The van der Waals surface area contributed by atoms with E-state index in [0.29, 0.717) is 16.7 Å². The average Bonchev–Trinajstić information content (AvgIpc) is 3.37. The Bertz CT molecular complexity index is 1050. The van der Waals surface area contributed by atoms with Gasteiger partial charge in [0.25, 0.3) is 10.0 Å². The Morgan fingerprint density at radius 1 is 1.15 bits per heavy atom. The zero-order chi connectivity index (χ0) is 19.3. The molecule has 1 saturated carbocycles. The molecule has 2 aliphatic rings. The van der Waals surface area contributed by atoms with Crippen molar-refractivity contribution in [3.05, 3.63) is 51.5 Å². The van der Waals surface area contributed by atoms with Crippen LogP contribution in [0.2, 0.25) is 0 Å². The Morgan fingerprint density at radius 2 is 1.89 bits per heavy atom. The van der Waals surface area contributed by atoms with Crippen LogP contribution in [0.3, 0.4) is 0 Å². The van der Waals surface area contributed by atoms with Crippen molar-refractivity contribution in [1.82, 2.24) is 0 Å². The molecular weight excluding hydrogens is 428 g/mol. The molecule has 7 heteroatoms. The zero-order valence-corrected chi connectivity index (χ0v) is 17.7. The highest BCUT2D eigenvalue weighted by atomic mass is 79.9. The molecule has 2 aromatic rings. The van der Waals surface area contributed by atoms with E-state index in [0.717, 1.165) is 41.6 Å². The van der Waals surface area contributed by atoms with Gasteiger partial charge in [0.05, 0.1) is 0 Å². The van der Waals surface area contributed by atoms with Crippen LogP contribution in [-0.2, 0) is 21.2 Å². The lowest BCUT2D eigenvalue weighted by Crippen LogP contribution is -2.30. The summed E-state index contributed by atoms with van der Waals surface area (Å²) in [6.45, 7) is 4.54. The third-order valence-electron chi connectivity index (χ3n) is 5.27. The third-order valence-corrected chi connectivity index (χ3v) is 7.61. The van der Waals surface area contributed by atoms with Gasteiger partial charge in [-0.05, 0) is 90.0 Å². The molecule has 0 radical (unpaired) electrons. The van der Waals surface area contributed by atoms with Crippen molar-refractivity contribution in [2.75, 3.05) is 16.2 Å². The number of carbonyl (C=O) groups is 1. The fourth-order valence-corrected chi connectivity index (χ4v) is 5.55. The Morgan fingerprint density at radius 3 is 2.56 bits per heavy atom. The summed E-state index contributed by atoms with van der Waals surface area (Å²) >= 11 is 3.40. The second-order valence-electron chi connectivity index (χ2n) is 7.33. The first-order chi connectivity index (χ1) is 12.8. The number of amides is 1. The van der Waals surface area contributed by atoms with Gasteiger partial charge in [-0.15, -0.1) is 0 Å². The number of aryl methyl sites for hydroxylation is 2. The molecule has 0 atom stereocenters. The van der Waals surface area contributed by atoms with Crippen LogP contribution < -0.4 is 9.62 Å². The average molecular weight is 449 g/mol. The van der Waals surface area contributed by atoms with Crippen LogP contribution in [0.4, 0.5) is 11.4 Å². The SMILES string of the molecule is Cc1ccc(NS(=O)(=O)c2cc3c(cc2Br)CCN3C(=O)C2CC2)cc1C. The van der Waals surface area contributed by atoms with E-state index < -0.39 is 10.0 Å². The highest BCUT2D eigenvalue weighted by molar-refractivity contribution is 9.10. The molecule has 1 aliphatic heterocycles. The lowest BCUT2D eigenvalue weighted by atomic mass is 10.1. The maximum Gasteiger partial charge on any atom is 0.263 e. The van der Waals surface area contributed by atoms with Gasteiger partial charge in [-0.3, -0.25) is 9.52 Å². The molecule has 1 heterocycles. The van der Waals surface area contributed by atoms with Crippen LogP contribution >= 0.6 is 15.9 Å². The molecule has 0 spiro atoms. The number of hydrogen-bond donors (Lipinski definition) is 1. The van der Waals surface area contributed by atoms with Gasteiger partial charge < -0.3 is 4.90 Å². The molecule has 2 aromatic carbocycles. The van der Waals surface area contributed by atoms with Crippen molar-refractivity contribution in [2.24, 2.45) is 5.92 Å². The monoisotopic (exact) mass is 448 g/mol. The smallest absolute Gasteiger partial charge is 0.263 e. The molecule has 1 N–H and O–H groups in total. The topological polar surface area (TPSA) is 66.5 Å². The fourth-order valence-electron chi connectivity index (χ4n) is 3.39. The minimum absolute atomic E-state index is 0.105. The predicted molar refractivity (Wildman–Crippen MR) is 110 cm³/mol. The van der Waals surface area contributed by atoms with E-state index in [1.165, 1.54) is 0 Å². The third kappa shape index (κ3) is 3.50. The van der Waals surface area contributed by atoms with Gasteiger partial charge in [0.1, 0.15) is 4.90 Å². The highest BCUT2D eigenvalue weighted by Gasteiger charge is 2.37. The zero-order valence-electron chi connectivity index (χ0n) is 15.3. The summed E-state index contributed by atoms with van der Waals surface area (Å²) in [5, 5.41) is 0. The molecular formula is C20H21BrN2O3S. The normalized spacial score (nSPS) is 16.3. The molecule has 142 valence electrons. The molecule has 1 fully saturated rings. The van der Waals surface area contributed by atoms with Crippen molar-refractivity contribution < 1.29 is 13.2 Å². The standard InChI is InChI=1S/C20H21BrN2O3S/c1-12-3-6-16(9-13(12)2)22-27(25,26)19-11-18-15(10-17(19)21)7-8-23(18)20(24)14-4-5-14/h3,6,9-11,14,22H,4-5,7-8H2,1-2H3. The number of hydrogen-bond acceptors (Lipinski definition) is 3. The maximum atomic E-state index is 13.0. The van der Waals surface area contributed by atoms with Gasteiger partial charge in [-0.2, -0.15) is 0 Å². The first kappa shape index (κ1) is 18.5. The second-order valence-corrected chi connectivity index (χ2v) is 9.84. The first-order valence-corrected chi connectivity index (χ1v) is 11.3. The summed E-state index contributed by atoms with van der Waals surface area (Å²) in [7, 11) is -3.78. The largest absolute Gasteiger partial charge is 0.312 e. The molecule has 1 aliphatic carbocycles. The number of benzene rings is 2. The number of anilines is 2. The summed E-state index contributed by atoms with van der Waals surface area (Å²) in [5.74, 6) is 0.217. The lowest BCUT2D eigenvalue weighted by Gasteiger charge is -2.19. The first-order valence-electron chi connectivity index (χ1n) is 9.00. The Labute approximate surface area is 167 Å². The number of nitrogens with zero attached hydrogens (tertiary/aromatic N) is 1. The second kappa shape index (κ2) is 6.63. The van der Waals surface area contributed by atoms with E-state index in [2.05, 4.69) is 20.7 Å². The number of carbonyl (C=O) groups excluding carboxylic acids is 1. The number of sulfonamides is 1. The Balaban J connectivity index is 1.69. The molecule has 4 rings (SSSR count). The van der Waals surface area contributed by atoms with Crippen LogP contribution in [0.1, 0.15) is 29.5 Å². The van der Waals surface area contributed by atoms with Gasteiger partial charge in [0, 0.05) is 28.3 Å². The van der Waals surface area contributed by atoms with E-state index in [9.17, 15) is 13.2 Å². The summed E-state index contributed by atoms with van der Waals surface area (Å²) < 4.78 is 29.2. The van der Waals surface area contributed by atoms with Crippen LogP contribution in [0.5, 0.6) is 0 Å². The highest BCUT2D eigenvalue weighted by Crippen LogP contribution is 2.39. The molecule has 5 nitrogen and oxygen atoms in total. The Hall–Kier alpha value is -1.86. The molecule has 1 amide bonds. The van der Waals surface area contributed by atoms with E-state index in [4.69, 9.17) is 0 Å². The van der Waals surface area contributed by atoms with Crippen LogP contribution in [0.25, 0.3) is 0 Å². The number of rotatable bonds is 4. The molecule has 0 saturated heterocycles. The van der Waals surface area contributed by atoms with E-state index in [1.807, 2.05) is 32.0 Å². The van der Waals surface area contributed by atoms with Crippen LogP contribution in [0.15, 0.2) is 39.7 Å².